The van der Waals surface area contributed by atoms with Gasteiger partial charge in [-0.25, -0.2) is 8.78 Å². The van der Waals surface area contributed by atoms with E-state index < -0.39 is 17.5 Å². The van der Waals surface area contributed by atoms with Crippen LogP contribution < -0.4 is 5.32 Å². The Kier molecular flexibility index (Phi) is 3.85. The van der Waals surface area contributed by atoms with E-state index in [0.717, 1.165) is 17.7 Å². The van der Waals surface area contributed by atoms with Crippen LogP contribution in [-0.2, 0) is 0 Å². The first-order valence-corrected chi connectivity index (χ1v) is 7.64. The second-order valence-corrected chi connectivity index (χ2v) is 5.51. The molecular weight excluding hydrogens is 340 g/mol. The van der Waals surface area contributed by atoms with Gasteiger partial charge < -0.3 is 5.32 Å². The minimum absolute atomic E-state index is 0.235. The van der Waals surface area contributed by atoms with Crippen molar-refractivity contribution in [3.63, 3.8) is 0 Å². The fourth-order valence-electron chi connectivity index (χ4n) is 2.51. The number of anilines is 1. The van der Waals surface area contributed by atoms with Crippen LogP contribution in [0.15, 0.2) is 60.9 Å². The number of hydrogen-bond acceptors (Lipinski definition) is 4. The van der Waals surface area contributed by atoms with Gasteiger partial charge in [-0.1, -0.05) is 12.1 Å². The van der Waals surface area contributed by atoms with Gasteiger partial charge in [0.1, 0.15) is 18.0 Å². The second kappa shape index (κ2) is 6.32. The van der Waals surface area contributed by atoms with E-state index in [0.29, 0.717) is 23.1 Å². The molecule has 0 saturated heterocycles. The van der Waals surface area contributed by atoms with Crippen LogP contribution in [0, 0.1) is 11.6 Å². The highest BCUT2D eigenvalue weighted by Crippen LogP contribution is 2.22. The molecule has 6 nitrogen and oxygen atoms in total. The number of aromatic nitrogens is 4. The molecule has 0 radical (unpaired) electrons. The van der Waals surface area contributed by atoms with Crippen LogP contribution in [-0.4, -0.2) is 25.7 Å². The molecule has 0 aliphatic rings. The third kappa shape index (κ3) is 3.00. The van der Waals surface area contributed by atoms with E-state index in [1.54, 1.807) is 30.3 Å². The molecule has 2 aromatic carbocycles. The van der Waals surface area contributed by atoms with Gasteiger partial charge in [-0.3, -0.25) is 4.79 Å². The Balaban J connectivity index is 1.62. The summed E-state index contributed by atoms with van der Waals surface area (Å²) in [6, 6.07) is 13.3. The summed E-state index contributed by atoms with van der Waals surface area (Å²) >= 11 is 0. The molecule has 0 unspecified atom stereocenters. The average molecular weight is 351 g/mol. The number of nitrogens with zero attached hydrogens (tertiary/aromatic N) is 4. The lowest BCUT2D eigenvalue weighted by Gasteiger charge is -2.08. The number of halogens is 2. The molecule has 2 aromatic heterocycles. The van der Waals surface area contributed by atoms with E-state index in [1.807, 2.05) is 6.07 Å². The number of rotatable bonds is 3. The molecule has 0 fully saturated rings. The minimum Gasteiger partial charge on any atom is -0.322 e. The van der Waals surface area contributed by atoms with Gasteiger partial charge in [-0.2, -0.15) is 9.61 Å². The van der Waals surface area contributed by atoms with E-state index in [1.165, 1.54) is 10.8 Å². The standard InChI is InChI=1S/C18H11F2N5O/c19-12-4-5-14(15(20)9-12)18(26)22-13-3-1-2-11(8-13)16-6-7-17-23-21-10-25(17)24-16/h1-10H,(H,22,26). The quantitative estimate of drug-likeness (QED) is 0.615. The Labute approximate surface area is 146 Å². The van der Waals surface area contributed by atoms with E-state index in [2.05, 4.69) is 20.6 Å². The average Bonchev–Trinajstić information content (AvgIpc) is 3.09. The molecule has 0 spiro atoms. The van der Waals surface area contributed by atoms with Crippen molar-refractivity contribution in [1.29, 1.82) is 0 Å². The normalized spacial score (nSPS) is 10.8. The zero-order valence-electron chi connectivity index (χ0n) is 13.2. The maximum atomic E-state index is 13.7. The van der Waals surface area contributed by atoms with Gasteiger partial charge in [-0.15, -0.1) is 10.2 Å². The summed E-state index contributed by atoms with van der Waals surface area (Å²) in [6.07, 6.45) is 1.49. The summed E-state index contributed by atoms with van der Waals surface area (Å²) in [6.45, 7) is 0. The summed E-state index contributed by atoms with van der Waals surface area (Å²) in [5.74, 6) is -2.32. The van der Waals surface area contributed by atoms with Gasteiger partial charge in [0.15, 0.2) is 5.65 Å². The Morgan fingerprint density at radius 3 is 2.77 bits per heavy atom. The molecule has 2 heterocycles. The van der Waals surface area contributed by atoms with Gasteiger partial charge in [-0.05, 0) is 36.4 Å². The van der Waals surface area contributed by atoms with Gasteiger partial charge in [0.05, 0.1) is 11.3 Å². The smallest absolute Gasteiger partial charge is 0.258 e. The van der Waals surface area contributed by atoms with Crippen molar-refractivity contribution in [3.05, 3.63) is 78.1 Å². The fourth-order valence-corrected chi connectivity index (χ4v) is 2.51. The zero-order chi connectivity index (χ0) is 18.1. The number of carbonyl (C=O) groups is 1. The van der Waals surface area contributed by atoms with Crippen molar-refractivity contribution in [2.45, 2.75) is 0 Å². The van der Waals surface area contributed by atoms with Crippen molar-refractivity contribution in [3.8, 4) is 11.3 Å². The van der Waals surface area contributed by atoms with Crippen molar-refractivity contribution < 1.29 is 13.6 Å². The number of fused-ring (bicyclic) bond motifs is 1. The van der Waals surface area contributed by atoms with E-state index >= 15 is 0 Å². The molecule has 8 heteroatoms. The Morgan fingerprint density at radius 1 is 1.04 bits per heavy atom. The first-order valence-electron chi connectivity index (χ1n) is 7.64. The lowest BCUT2D eigenvalue weighted by molar-refractivity contribution is 0.102. The summed E-state index contributed by atoms with van der Waals surface area (Å²) < 4.78 is 28.3. The van der Waals surface area contributed by atoms with Crippen LogP contribution in [0.5, 0.6) is 0 Å². The maximum absolute atomic E-state index is 13.7. The molecule has 1 amide bonds. The van der Waals surface area contributed by atoms with Crippen molar-refractivity contribution in [2.24, 2.45) is 0 Å². The second-order valence-electron chi connectivity index (χ2n) is 5.51. The van der Waals surface area contributed by atoms with E-state index in [-0.39, 0.29) is 5.56 Å². The van der Waals surface area contributed by atoms with Crippen molar-refractivity contribution >= 4 is 17.2 Å². The van der Waals surface area contributed by atoms with Gasteiger partial charge in [0.25, 0.3) is 5.91 Å². The van der Waals surface area contributed by atoms with Gasteiger partial charge in [0, 0.05) is 17.3 Å². The predicted octanol–water partition coefficient (Wildman–Crippen LogP) is 3.32. The number of nitrogens with one attached hydrogen (secondary N) is 1. The highest BCUT2D eigenvalue weighted by Gasteiger charge is 2.13. The molecular formula is C18H11F2N5O. The van der Waals surface area contributed by atoms with Gasteiger partial charge in [0.2, 0.25) is 0 Å². The first-order chi connectivity index (χ1) is 12.6. The zero-order valence-corrected chi connectivity index (χ0v) is 13.2. The number of carbonyl (C=O) groups excluding carboxylic acids is 1. The van der Waals surface area contributed by atoms with Crippen LogP contribution in [0.25, 0.3) is 16.9 Å². The van der Waals surface area contributed by atoms with E-state index in [4.69, 9.17) is 0 Å². The predicted molar refractivity (Wildman–Crippen MR) is 90.5 cm³/mol. The first kappa shape index (κ1) is 15.8. The lowest BCUT2D eigenvalue weighted by atomic mass is 10.1. The summed E-state index contributed by atoms with van der Waals surface area (Å²) in [5, 5.41) is 14.6. The molecule has 0 atom stereocenters. The molecule has 0 aliphatic heterocycles. The number of amides is 1. The highest BCUT2D eigenvalue weighted by atomic mass is 19.1. The van der Waals surface area contributed by atoms with E-state index in [9.17, 15) is 13.6 Å². The van der Waals surface area contributed by atoms with Crippen LogP contribution in [0.4, 0.5) is 14.5 Å². The number of hydrogen-bond donors (Lipinski definition) is 1. The summed E-state index contributed by atoms with van der Waals surface area (Å²) in [4.78, 5) is 12.2. The Morgan fingerprint density at radius 2 is 1.92 bits per heavy atom. The fraction of sp³-hybridized carbons (Fsp3) is 0. The molecule has 4 aromatic rings. The SMILES string of the molecule is O=C(Nc1cccc(-c2ccc3nncn3n2)c1)c1ccc(F)cc1F. The highest BCUT2D eigenvalue weighted by molar-refractivity contribution is 6.04. The molecule has 1 N–H and O–H groups in total. The Hall–Kier alpha value is -3.68. The van der Waals surface area contributed by atoms with Crippen LogP contribution in [0.1, 0.15) is 10.4 Å². The van der Waals surface area contributed by atoms with Crippen LogP contribution in [0.2, 0.25) is 0 Å². The van der Waals surface area contributed by atoms with Crippen LogP contribution in [0.3, 0.4) is 0 Å². The molecule has 0 saturated carbocycles. The maximum Gasteiger partial charge on any atom is 0.258 e. The minimum atomic E-state index is -0.918. The summed E-state index contributed by atoms with van der Waals surface area (Å²) in [7, 11) is 0. The summed E-state index contributed by atoms with van der Waals surface area (Å²) in [5.41, 5.74) is 2.24. The monoisotopic (exact) mass is 351 g/mol. The van der Waals surface area contributed by atoms with Crippen molar-refractivity contribution in [1.82, 2.24) is 19.8 Å². The molecule has 26 heavy (non-hydrogen) atoms. The third-order valence-electron chi connectivity index (χ3n) is 3.75. The number of benzene rings is 2. The Bertz CT molecular complexity index is 1130. The molecule has 0 aliphatic carbocycles. The molecule has 128 valence electrons. The topological polar surface area (TPSA) is 72.2 Å². The third-order valence-corrected chi connectivity index (χ3v) is 3.75. The molecule has 4 rings (SSSR count). The largest absolute Gasteiger partial charge is 0.322 e. The van der Waals surface area contributed by atoms with Crippen LogP contribution >= 0.6 is 0 Å². The molecule has 0 bridgehead atoms. The van der Waals surface area contributed by atoms with Crippen molar-refractivity contribution in [2.75, 3.05) is 5.32 Å². The lowest BCUT2D eigenvalue weighted by Crippen LogP contribution is -2.14. The van der Waals surface area contributed by atoms with Gasteiger partial charge >= 0.3 is 0 Å².